The van der Waals surface area contributed by atoms with E-state index < -0.39 is 4.92 Å². The molecule has 0 aliphatic rings. The highest BCUT2D eigenvalue weighted by molar-refractivity contribution is 7.18. The van der Waals surface area contributed by atoms with Crippen molar-refractivity contribution < 1.29 is 14.5 Å². The Morgan fingerprint density at radius 2 is 2.29 bits per heavy atom. The number of aromatic nitrogens is 1. The SMILES string of the molecule is CCOC(=O)CCNc1cc2nc(C)sc2cc1[N+](=O)[O-]. The van der Waals surface area contributed by atoms with E-state index in [-0.39, 0.29) is 24.6 Å². The molecule has 1 heterocycles. The van der Waals surface area contributed by atoms with Gasteiger partial charge in [-0.3, -0.25) is 14.9 Å². The first-order valence-corrected chi connectivity index (χ1v) is 7.28. The number of thiazole rings is 1. The third kappa shape index (κ3) is 3.66. The summed E-state index contributed by atoms with van der Waals surface area (Å²) in [5, 5.41) is 14.9. The van der Waals surface area contributed by atoms with Gasteiger partial charge in [0.2, 0.25) is 0 Å². The van der Waals surface area contributed by atoms with E-state index in [4.69, 9.17) is 4.74 Å². The molecule has 0 bridgehead atoms. The molecule has 112 valence electrons. The summed E-state index contributed by atoms with van der Waals surface area (Å²) in [5.74, 6) is -0.335. The van der Waals surface area contributed by atoms with Gasteiger partial charge in [-0.05, 0) is 19.9 Å². The van der Waals surface area contributed by atoms with Crippen LogP contribution in [0.3, 0.4) is 0 Å². The van der Waals surface area contributed by atoms with Gasteiger partial charge in [0, 0.05) is 12.6 Å². The predicted octanol–water partition coefficient (Wildman–Crippen LogP) is 2.88. The molecule has 1 aromatic heterocycles. The summed E-state index contributed by atoms with van der Waals surface area (Å²) in [6.07, 6.45) is 0.152. The van der Waals surface area contributed by atoms with Crippen LogP contribution in [-0.4, -0.2) is 29.0 Å². The van der Waals surface area contributed by atoms with Crippen molar-refractivity contribution in [2.45, 2.75) is 20.3 Å². The number of aryl methyl sites for hydroxylation is 1. The number of nitro benzene ring substituents is 1. The summed E-state index contributed by atoms with van der Waals surface area (Å²) in [5.41, 5.74) is 1.05. The van der Waals surface area contributed by atoms with Crippen LogP contribution in [0.4, 0.5) is 11.4 Å². The van der Waals surface area contributed by atoms with Crippen molar-refractivity contribution in [2.75, 3.05) is 18.5 Å². The van der Waals surface area contributed by atoms with E-state index in [1.165, 1.54) is 17.4 Å². The number of benzene rings is 1. The standard InChI is InChI=1S/C13H15N3O4S/c1-3-20-13(17)4-5-14-9-6-10-12(21-8(2)15-10)7-11(9)16(18)19/h6-7,14H,3-5H2,1-2H3. The van der Waals surface area contributed by atoms with E-state index in [1.54, 1.807) is 13.0 Å². The molecule has 0 atom stereocenters. The molecule has 0 aliphatic heterocycles. The summed E-state index contributed by atoms with van der Waals surface area (Å²) in [6.45, 7) is 4.18. The van der Waals surface area contributed by atoms with Crippen molar-refractivity contribution in [1.82, 2.24) is 4.98 Å². The fourth-order valence-corrected chi connectivity index (χ4v) is 2.75. The second kappa shape index (κ2) is 6.49. The molecule has 0 saturated heterocycles. The fraction of sp³-hybridized carbons (Fsp3) is 0.385. The van der Waals surface area contributed by atoms with Crippen molar-refractivity contribution in [1.29, 1.82) is 0 Å². The van der Waals surface area contributed by atoms with E-state index in [9.17, 15) is 14.9 Å². The Bertz CT molecular complexity index is 683. The molecule has 7 nitrogen and oxygen atoms in total. The largest absolute Gasteiger partial charge is 0.466 e. The molecule has 21 heavy (non-hydrogen) atoms. The number of esters is 1. The number of nitro groups is 1. The van der Waals surface area contributed by atoms with Crippen LogP contribution >= 0.6 is 11.3 Å². The molecule has 2 rings (SSSR count). The van der Waals surface area contributed by atoms with Crippen LogP contribution in [0.2, 0.25) is 0 Å². The first-order valence-electron chi connectivity index (χ1n) is 6.46. The van der Waals surface area contributed by atoms with E-state index in [1.807, 2.05) is 6.92 Å². The lowest BCUT2D eigenvalue weighted by molar-refractivity contribution is -0.383. The lowest BCUT2D eigenvalue weighted by atomic mass is 10.2. The Balaban J connectivity index is 2.18. The monoisotopic (exact) mass is 309 g/mol. The highest BCUT2D eigenvalue weighted by atomic mass is 32.1. The van der Waals surface area contributed by atoms with Gasteiger partial charge in [-0.2, -0.15) is 0 Å². The number of fused-ring (bicyclic) bond motifs is 1. The summed E-state index contributed by atoms with van der Waals surface area (Å²) < 4.78 is 5.58. The molecule has 0 unspecified atom stereocenters. The molecule has 1 aromatic carbocycles. The molecule has 1 N–H and O–H groups in total. The normalized spacial score (nSPS) is 10.6. The number of rotatable bonds is 6. The maximum absolute atomic E-state index is 11.3. The molecule has 0 saturated carbocycles. The van der Waals surface area contributed by atoms with Gasteiger partial charge in [-0.15, -0.1) is 11.3 Å². The average Bonchev–Trinajstić information content (AvgIpc) is 2.77. The first-order chi connectivity index (χ1) is 10.0. The van der Waals surface area contributed by atoms with Crippen molar-refractivity contribution in [3.8, 4) is 0 Å². The number of nitrogens with zero attached hydrogens (tertiary/aromatic N) is 2. The summed E-state index contributed by atoms with van der Waals surface area (Å²) in [6, 6.07) is 3.15. The zero-order valence-electron chi connectivity index (χ0n) is 11.7. The number of ether oxygens (including phenoxy) is 1. The highest BCUT2D eigenvalue weighted by Gasteiger charge is 2.17. The van der Waals surface area contributed by atoms with Gasteiger partial charge in [0.05, 0.1) is 33.2 Å². The Labute approximate surface area is 125 Å². The van der Waals surface area contributed by atoms with E-state index in [2.05, 4.69) is 10.3 Å². The Kier molecular flexibility index (Phi) is 4.69. The van der Waals surface area contributed by atoms with Crippen LogP contribution in [0.25, 0.3) is 10.2 Å². The predicted molar refractivity (Wildman–Crippen MR) is 80.8 cm³/mol. The minimum absolute atomic E-state index is 0.0185. The van der Waals surface area contributed by atoms with Gasteiger partial charge in [0.15, 0.2) is 0 Å². The number of anilines is 1. The number of carbonyl (C=O) groups excluding carboxylic acids is 1. The summed E-state index contributed by atoms with van der Waals surface area (Å²) >= 11 is 1.41. The quantitative estimate of drug-likeness (QED) is 0.501. The average molecular weight is 309 g/mol. The second-order valence-corrected chi connectivity index (χ2v) is 5.54. The van der Waals surface area contributed by atoms with Gasteiger partial charge in [0.25, 0.3) is 5.69 Å². The van der Waals surface area contributed by atoms with Gasteiger partial charge < -0.3 is 10.1 Å². The van der Waals surface area contributed by atoms with Crippen LogP contribution in [-0.2, 0) is 9.53 Å². The molecule has 2 aromatic rings. The van der Waals surface area contributed by atoms with Crippen molar-refractivity contribution in [3.63, 3.8) is 0 Å². The summed E-state index contributed by atoms with van der Waals surface area (Å²) in [4.78, 5) is 26.3. The lowest BCUT2D eigenvalue weighted by Gasteiger charge is -2.07. The highest BCUT2D eigenvalue weighted by Crippen LogP contribution is 2.32. The van der Waals surface area contributed by atoms with Gasteiger partial charge in [0.1, 0.15) is 5.69 Å². The van der Waals surface area contributed by atoms with Crippen molar-refractivity contribution in [3.05, 3.63) is 27.3 Å². The van der Waals surface area contributed by atoms with Crippen LogP contribution < -0.4 is 5.32 Å². The third-order valence-electron chi connectivity index (χ3n) is 2.76. The Morgan fingerprint density at radius 1 is 1.52 bits per heavy atom. The van der Waals surface area contributed by atoms with Crippen LogP contribution in [0, 0.1) is 17.0 Å². The molecule has 0 amide bonds. The van der Waals surface area contributed by atoms with Gasteiger partial charge >= 0.3 is 5.97 Å². The Morgan fingerprint density at radius 3 is 2.95 bits per heavy atom. The van der Waals surface area contributed by atoms with E-state index in [0.717, 1.165) is 9.71 Å². The Hall–Kier alpha value is -2.22. The number of nitrogens with one attached hydrogen (secondary N) is 1. The smallest absolute Gasteiger partial charge is 0.307 e. The van der Waals surface area contributed by atoms with Crippen LogP contribution in [0.15, 0.2) is 12.1 Å². The maximum atomic E-state index is 11.3. The lowest BCUT2D eigenvalue weighted by Crippen LogP contribution is -2.12. The topological polar surface area (TPSA) is 94.4 Å². The molecular weight excluding hydrogens is 294 g/mol. The number of hydrogen-bond donors (Lipinski definition) is 1. The zero-order chi connectivity index (χ0) is 15.4. The van der Waals surface area contributed by atoms with Gasteiger partial charge in [-0.25, -0.2) is 4.98 Å². The number of carbonyl (C=O) groups is 1. The minimum Gasteiger partial charge on any atom is -0.466 e. The fourth-order valence-electron chi connectivity index (χ4n) is 1.90. The van der Waals surface area contributed by atoms with E-state index >= 15 is 0 Å². The van der Waals surface area contributed by atoms with Crippen LogP contribution in [0.1, 0.15) is 18.4 Å². The first kappa shape index (κ1) is 15.2. The zero-order valence-corrected chi connectivity index (χ0v) is 12.5. The number of hydrogen-bond acceptors (Lipinski definition) is 7. The molecule has 0 aliphatic carbocycles. The minimum atomic E-state index is -0.443. The van der Waals surface area contributed by atoms with Crippen molar-refractivity contribution in [2.24, 2.45) is 0 Å². The third-order valence-corrected chi connectivity index (χ3v) is 3.69. The van der Waals surface area contributed by atoms with Crippen molar-refractivity contribution >= 4 is 38.9 Å². The van der Waals surface area contributed by atoms with Crippen LogP contribution in [0.5, 0.6) is 0 Å². The molecule has 0 spiro atoms. The van der Waals surface area contributed by atoms with E-state index in [0.29, 0.717) is 17.8 Å². The summed E-state index contributed by atoms with van der Waals surface area (Å²) in [7, 11) is 0. The molecule has 8 heteroatoms. The molecular formula is C13H15N3O4S. The second-order valence-electron chi connectivity index (χ2n) is 4.31. The van der Waals surface area contributed by atoms with Gasteiger partial charge in [-0.1, -0.05) is 0 Å². The molecule has 0 fully saturated rings. The maximum Gasteiger partial charge on any atom is 0.307 e. The molecule has 0 radical (unpaired) electrons.